The molecule has 1 atom stereocenters. The Hall–Kier alpha value is -2.92. The molecule has 0 aromatic heterocycles. The van der Waals surface area contributed by atoms with Crippen LogP contribution >= 0.6 is 0 Å². The molecule has 5 heteroatoms. The number of allylic oxidation sites excluding steroid dienone is 14. The second-order valence-electron chi connectivity index (χ2n) is 27.8. The first kappa shape index (κ1) is 89.1. The van der Waals surface area contributed by atoms with Crippen molar-refractivity contribution >= 4 is 11.9 Å². The number of unbranched alkanes of at least 4 members (excludes halogenated alkanes) is 55. The van der Waals surface area contributed by atoms with Crippen LogP contribution in [0.4, 0.5) is 0 Å². The van der Waals surface area contributed by atoms with Gasteiger partial charge in [0, 0.05) is 12.8 Å². The molecule has 1 N–H and O–H groups in total. The van der Waals surface area contributed by atoms with Gasteiger partial charge < -0.3 is 14.6 Å². The molecule has 0 spiro atoms. The van der Waals surface area contributed by atoms with E-state index in [4.69, 9.17) is 9.47 Å². The lowest BCUT2D eigenvalue weighted by atomic mass is 10.0. The Morgan fingerprint density at radius 3 is 0.707 bits per heavy atom. The van der Waals surface area contributed by atoms with Crippen molar-refractivity contribution in [3.8, 4) is 0 Å². The Morgan fingerprint density at radius 2 is 0.467 bits per heavy atom. The Balaban J connectivity index is 3.37. The van der Waals surface area contributed by atoms with E-state index in [0.717, 1.165) is 77.0 Å². The molecule has 0 heterocycles. The van der Waals surface area contributed by atoms with Crippen molar-refractivity contribution in [1.82, 2.24) is 0 Å². The normalized spacial score (nSPS) is 12.6. The number of aliphatic hydroxyl groups excluding tert-OH is 1. The summed E-state index contributed by atoms with van der Waals surface area (Å²) >= 11 is 0. The van der Waals surface area contributed by atoms with Gasteiger partial charge in [-0.25, -0.2) is 0 Å². The van der Waals surface area contributed by atoms with Gasteiger partial charge in [-0.05, 0) is 89.9 Å². The van der Waals surface area contributed by atoms with Crippen LogP contribution in [0, 0.1) is 0 Å². The zero-order chi connectivity index (χ0) is 66.1. The molecule has 0 rings (SSSR count). The summed E-state index contributed by atoms with van der Waals surface area (Å²) in [6, 6.07) is 0. The third-order valence-corrected chi connectivity index (χ3v) is 18.7. The quantitative estimate of drug-likeness (QED) is 0.0373. The second kappa shape index (κ2) is 82.3. The van der Waals surface area contributed by atoms with Crippen LogP contribution in [0.3, 0.4) is 0 Å². The molecule has 0 aliphatic carbocycles. The van der Waals surface area contributed by atoms with Crippen molar-refractivity contribution in [2.75, 3.05) is 13.2 Å². The van der Waals surface area contributed by atoms with Crippen molar-refractivity contribution < 1.29 is 24.2 Å². The fourth-order valence-corrected chi connectivity index (χ4v) is 12.6. The van der Waals surface area contributed by atoms with E-state index in [1.807, 2.05) is 0 Å². The number of aliphatic hydroxyl groups is 1. The third kappa shape index (κ3) is 79.5. The molecule has 0 aliphatic rings. The summed E-state index contributed by atoms with van der Waals surface area (Å²) in [5, 5.41) is 9.74. The number of ether oxygens (including phenoxy) is 2. The number of hydrogen-bond donors (Lipinski definition) is 1. The Bertz CT molecular complexity index is 1650. The van der Waals surface area contributed by atoms with Gasteiger partial charge in [0.1, 0.15) is 6.61 Å². The molecule has 0 aromatic carbocycles. The van der Waals surface area contributed by atoms with Crippen molar-refractivity contribution in [1.29, 1.82) is 0 Å². The van der Waals surface area contributed by atoms with Crippen LogP contribution in [0.15, 0.2) is 85.1 Å². The first-order valence-electron chi connectivity index (χ1n) is 41.1. The fraction of sp³-hybridized carbons (Fsp3) is 0.816. The third-order valence-electron chi connectivity index (χ3n) is 18.7. The van der Waals surface area contributed by atoms with Gasteiger partial charge in [-0.1, -0.05) is 420 Å². The summed E-state index contributed by atoms with van der Waals surface area (Å²) < 4.78 is 10.8. The van der Waals surface area contributed by atoms with E-state index >= 15 is 0 Å². The standard InChI is InChI=1S/C87H158O5/c1-3-5-7-9-11-13-15-17-19-21-23-25-27-29-31-33-35-37-39-41-42-43-44-46-47-49-51-53-55-57-59-61-63-65-67-69-71-73-75-77-79-81-86(89)91-84-85(83-88)92-87(90)82-80-78-76-74-72-70-68-66-64-62-60-58-56-54-52-50-48-45-40-38-36-34-32-30-28-26-24-22-20-18-16-14-12-10-8-6-4-2/h6,8,12,14-15,17-18,20-21,23-24,26-27,29,85,88H,3-5,7,9-11,13,16,19,22,25,28,30-84H2,1-2H3/b8-6-,14-12-,17-15-,20-18-,23-21-,26-24-,29-27-. The highest BCUT2D eigenvalue weighted by Gasteiger charge is 2.16. The molecule has 0 fully saturated rings. The minimum absolute atomic E-state index is 0.0606. The SMILES string of the molecule is CC/C=C\C/C=C\C/C=C\C/C=C\CCCCCCCCCCCCCCCCCCCCCCCCCCC(=O)OC(CO)COC(=O)CCCCCCCCCCCCCCCCCCCCCCCCCCCC/C=C\C/C=C\C/C=C\CCCCCCC. The van der Waals surface area contributed by atoms with Crippen LogP contribution in [-0.2, 0) is 19.1 Å². The summed E-state index contributed by atoms with van der Waals surface area (Å²) in [4.78, 5) is 24.7. The van der Waals surface area contributed by atoms with E-state index in [9.17, 15) is 14.7 Å². The Morgan fingerprint density at radius 1 is 0.261 bits per heavy atom. The van der Waals surface area contributed by atoms with Gasteiger partial charge in [0.05, 0.1) is 6.61 Å². The molecule has 92 heavy (non-hydrogen) atoms. The van der Waals surface area contributed by atoms with Crippen molar-refractivity contribution in [3.63, 3.8) is 0 Å². The molecule has 0 aliphatic heterocycles. The highest BCUT2D eigenvalue weighted by atomic mass is 16.6. The maximum atomic E-state index is 12.4. The van der Waals surface area contributed by atoms with Crippen molar-refractivity contribution in [3.05, 3.63) is 85.1 Å². The average molecular weight is 1280 g/mol. The maximum Gasteiger partial charge on any atom is 0.306 e. The monoisotopic (exact) mass is 1280 g/mol. The van der Waals surface area contributed by atoms with Crippen LogP contribution < -0.4 is 0 Å². The molecular formula is C87H158O5. The molecule has 1 unspecified atom stereocenters. The highest BCUT2D eigenvalue weighted by molar-refractivity contribution is 5.70. The van der Waals surface area contributed by atoms with Gasteiger partial charge >= 0.3 is 11.9 Å². The molecular weight excluding hydrogens is 1120 g/mol. The first-order valence-corrected chi connectivity index (χ1v) is 41.1. The van der Waals surface area contributed by atoms with Crippen molar-refractivity contribution in [2.24, 2.45) is 0 Å². The number of carbonyl (C=O) groups is 2. The summed E-state index contributed by atoms with van der Waals surface area (Å²) in [5.41, 5.74) is 0. The predicted molar refractivity (Wildman–Crippen MR) is 408 cm³/mol. The molecule has 0 saturated carbocycles. The van der Waals surface area contributed by atoms with Crippen LogP contribution in [0.2, 0.25) is 0 Å². The van der Waals surface area contributed by atoms with Crippen LogP contribution in [0.5, 0.6) is 0 Å². The molecule has 536 valence electrons. The second-order valence-corrected chi connectivity index (χ2v) is 27.8. The van der Waals surface area contributed by atoms with E-state index in [2.05, 4.69) is 98.9 Å². The number of esters is 2. The zero-order valence-electron chi connectivity index (χ0n) is 61.8. The number of hydrogen-bond acceptors (Lipinski definition) is 5. The molecule has 0 amide bonds. The lowest BCUT2D eigenvalue weighted by Gasteiger charge is -2.15. The summed E-state index contributed by atoms with van der Waals surface area (Å²) in [6.07, 6.45) is 117. The predicted octanol–water partition coefficient (Wildman–Crippen LogP) is 29.1. The molecule has 0 aromatic rings. The number of carbonyl (C=O) groups excluding carboxylic acids is 2. The Kier molecular flexibility index (Phi) is 79.7. The van der Waals surface area contributed by atoms with Gasteiger partial charge in [-0.15, -0.1) is 0 Å². The van der Waals surface area contributed by atoms with Crippen LogP contribution in [0.25, 0.3) is 0 Å². The summed E-state index contributed by atoms with van der Waals surface area (Å²) in [5.74, 6) is -0.565. The summed E-state index contributed by atoms with van der Waals surface area (Å²) in [7, 11) is 0. The summed E-state index contributed by atoms with van der Waals surface area (Å²) in [6.45, 7) is 4.07. The van der Waals surface area contributed by atoms with E-state index in [1.165, 1.54) is 334 Å². The zero-order valence-corrected chi connectivity index (χ0v) is 61.8. The lowest BCUT2D eigenvalue weighted by Crippen LogP contribution is -2.28. The fourth-order valence-electron chi connectivity index (χ4n) is 12.6. The smallest absolute Gasteiger partial charge is 0.306 e. The van der Waals surface area contributed by atoms with E-state index in [1.54, 1.807) is 0 Å². The van der Waals surface area contributed by atoms with E-state index in [-0.39, 0.29) is 25.2 Å². The lowest BCUT2D eigenvalue weighted by molar-refractivity contribution is -0.161. The Labute approximate surface area is 575 Å². The van der Waals surface area contributed by atoms with Gasteiger partial charge in [0.15, 0.2) is 6.10 Å². The highest BCUT2D eigenvalue weighted by Crippen LogP contribution is 2.20. The van der Waals surface area contributed by atoms with Gasteiger partial charge in [-0.3, -0.25) is 9.59 Å². The maximum absolute atomic E-state index is 12.4. The first-order chi connectivity index (χ1) is 45.6. The average Bonchev–Trinajstić information content (AvgIpc) is 3.70. The molecule has 0 saturated heterocycles. The molecule has 5 nitrogen and oxygen atoms in total. The number of rotatable bonds is 77. The van der Waals surface area contributed by atoms with Gasteiger partial charge in [0.25, 0.3) is 0 Å². The van der Waals surface area contributed by atoms with Crippen LogP contribution in [-0.4, -0.2) is 36.4 Å². The minimum atomic E-state index is -0.773. The minimum Gasteiger partial charge on any atom is -0.462 e. The van der Waals surface area contributed by atoms with Gasteiger partial charge in [-0.2, -0.15) is 0 Å². The largest absolute Gasteiger partial charge is 0.462 e. The van der Waals surface area contributed by atoms with Crippen molar-refractivity contribution in [2.45, 2.75) is 444 Å². The topological polar surface area (TPSA) is 72.8 Å². The van der Waals surface area contributed by atoms with E-state index < -0.39 is 6.10 Å². The van der Waals surface area contributed by atoms with Gasteiger partial charge in [0.2, 0.25) is 0 Å². The van der Waals surface area contributed by atoms with E-state index in [0.29, 0.717) is 12.8 Å². The van der Waals surface area contributed by atoms with Crippen LogP contribution in [0.1, 0.15) is 438 Å². The molecule has 0 radical (unpaired) electrons. The molecule has 0 bridgehead atoms.